The number of halogens is 1. The summed E-state index contributed by atoms with van der Waals surface area (Å²) in [5, 5.41) is 8.63. The minimum atomic E-state index is -0.463. The Morgan fingerprint density at radius 2 is 1.85 bits per heavy atom. The topological polar surface area (TPSA) is 82.8 Å². The molecule has 0 amide bonds. The largest absolute Gasteiger partial charge is 0.335 e. The van der Waals surface area contributed by atoms with Crippen LogP contribution in [-0.4, -0.2) is 19.9 Å². The van der Waals surface area contributed by atoms with E-state index in [2.05, 4.69) is 15.2 Å². The molecule has 1 aliphatic rings. The van der Waals surface area contributed by atoms with E-state index in [4.69, 9.17) is 10.3 Å². The van der Waals surface area contributed by atoms with E-state index in [0.29, 0.717) is 11.7 Å². The monoisotopic (exact) mass is 367 g/mol. The molecular weight excluding hydrogens is 345 g/mol. The fourth-order valence-electron chi connectivity index (χ4n) is 3.62. The van der Waals surface area contributed by atoms with Gasteiger partial charge in [-0.05, 0) is 57.0 Å². The number of benzene rings is 1. The van der Waals surface area contributed by atoms with Crippen molar-refractivity contribution in [3.8, 4) is 5.69 Å². The Balaban J connectivity index is 1.60. The predicted molar refractivity (Wildman–Crippen MR) is 101 cm³/mol. The molecule has 1 aromatic carbocycles. The summed E-state index contributed by atoms with van der Waals surface area (Å²) in [5.74, 6) is 0.734. The normalized spacial score (nSPS) is 16.4. The molecule has 6 nitrogen and oxygen atoms in total. The van der Waals surface area contributed by atoms with E-state index in [1.165, 1.54) is 12.1 Å². The molecule has 0 spiro atoms. The van der Waals surface area contributed by atoms with Crippen molar-refractivity contribution in [3.63, 3.8) is 0 Å². The lowest BCUT2D eigenvalue weighted by atomic mass is 9.99. The lowest BCUT2D eigenvalue weighted by Gasteiger charge is -2.17. The van der Waals surface area contributed by atoms with Crippen LogP contribution in [0.4, 0.5) is 4.39 Å². The smallest absolute Gasteiger partial charge is 0.250 e. The van der Waals surface area contributed by atoms with Crippen molar-refractivity contribution in [1.82, 2.24) is 19.9 Å². The fraction of sp³-hybridized carbons (Fsp3) is 0.350. The van der Waals surface area contributed by atoms with Gasteiger partial charge in [-0.1, -0.05) is 18.0 Å². The lowest BCUT2D eigenvalue weighted by Crippen LogP contribution is -2.34. The highest BCUT2D eigenvalue weighted by molar-refractivity contribution is 5.69. The van der Waals surface area contributed by atoms with Gasteiger partial charge in [-0.2, -0.15) is 10.1 Å². The minimum Gasteiger partial charge on any atom is -0.335 e. The van der Waals surface area contributed by atoms with Gasteiger partial charge in [0.05, 0.1) is 16.9 Å². The molecule has 0 unspecified atom stereocenters. The third-order valence-electron chi connectivity index (χ3n) is 5.19. The fourth-order valence-corrected chi connectivity index (χ4v) is 3.62. The van der Waals surface area contributed by atoms with E-state index in [1.807, 2.05) is 19.9 Å². The highest BCUT2D eigenvalue weighted by Gasteiger charge is 2.35. The van der Waals surface area contributed by atoms with Gasteiger partial charge in [0.1, 0.15) is 5.82 Å². The Bertz CT molecular complexity index is 980. The van der Waals surface area contributed by atoms with Crippen LogP contribution in [-0.2, 0) is 5.54 Å². The van der Waals surface area contributed by atoms with E-state index in [1.54, 1.807) is 22.9 Å². The van der Waals surface area contributed by atoms with Gasteiger partial charge in [0, 0.05) is 17.3 Å². The zero-order valence-corrected chi connectivity index (χ0v) is 15.4. The molecular formula is C20H22FN5O. The second-order valence-corrected chi connectivity index (χ2v) is 7.13. The first kappa shape index (κ1) is 17.6. The van der Waals surface area contributed by atoms with E-state index in [-0.39, 0.29) is 5.82 Å². The average Bonchev–Trinajstić information content (AvgIpc) is 3.36. The number of rotatable bonds is 4. The van der Waals surface area contributed by atoms with Crippen LogP contribution in [0.15, 0.2) is 28.8 Å². The number of nitrogens with two attached hydrogens (primary N) is 1. The molecule has 1 saturated carbocycles. The molecule has 1 aliphatic carbocycles. The van der Waals surface area contributed by atoms with Crippen LogP contribution in [0, 0.1) is 19.7 Å². The van der Waals surface area contributed by atoms with Gasteiger partial charge in [-0.15, -0.1) is 0 Å². The van der Waals surface area contributed by atoms with Crippen molar-refractivity contribution in [2.45, 2.75) is 45.1 Å². The summed E-state index contributed by atoms with van der Waals surface area (Å²) in [6.07, 6.45) is 7.65. The first-order chi connectivity index (χ1) is 13.0. The zero-order chi connectivity index (χ0) is 19.0. The van der Waals surface area contributed by atoms with Gasteiger partial charge < -0.3 is 10.3 Å². The van der Waals surface area contributed by atoms with Crippen LogP contribution < -0.4 is 5.73 Å². The molecule has 0 saturated heterocycles. The zero-order valence-electron chi connectivity index (χ0n) is 15.4. The Hall–Kier alpha value is -2.80. The van der Waals surface area contributed by atoms with Gasteiger partial charge in [0.2, 0.25) is 0 Å². The maximum Gasteiger partial charge on any atom is 0.250 e. The van der Waals surface area contributed by atoms with E-state index in [0.717, 1.165) is 48.3 Å². The standard InChI is InChI=1S/C20H22FN5O/c1-13-17(14(2)26(24-13)16-7-5-15(21)6-8-16)9-10-18-23-19(25-27-18)20(22)11-3-4-12-20/h5-10H,3-4,11-12,22H2,1-2H3/b10-9+. The van der Waals surface area contributed by atoms with Crippen molar-refractivity contribution in [2.24, 2.45) is 5.73 Å². The maximum absolute atomic E-state index is 13.2. The summed E-state index contributed by atoms with van der Waals surface area (Å²) in [5.41, 5.74) is 9.49. The molecule has 0 bridgehead atoms. The quantitative estimate of drug-likeness (QED) is 0.756. The molecule has 2 N–H and O–H groups in total. The van der Waals surface area contributed by atoms with Crippen molar-refractivity contribution in [3.05, 3.63) is 58.7 Å². The molecule has 1 fully saturated rings. The maximum atomic E-state index is 13.2. The number of hydrogen-bond donors (Lipinski definition) is 1. The second-order valence-electron chi connectivity index (χ2n) is 7.13. The van der Waals surface area contributed by atoms with E-state index < -0.39 is 5.54 Å². The number of aryl methyl sites for hydroxylation is 1. The first-order valence-electron chi connectivity index (χ1n) is 9.10. The molecule has 0 aliphatic heterocycles. The van der Waals surface area contributed by atoms with Crippen LogP contribution >= 0.6 is 0 Å². The highest BCUT2D eigenvalue weighted by Crippen LogP contribution is 2.34. The first-order valence-corrected chi connectivity index (χ1v) is 9.10. The number of nitrogens with zero attached hydrogens (tertiary/aromatic N) is 4. The lowest BCUT2D eigenvalue weighted by molar-refractivity contribution is 0.364. The van der Waals surface area contributed by atoms with Gasteiger partial charge in [-0.3, -0.25) is 0 Å². The van der Waals surface area contributed by atoms with Crippen molar-refractivity contribution in [2.75, 3.05) is 0 Å². The molecule has 0 radical (unpaired) electrons. The van der Waals surface area contributed by atoms with Gasteiger partial charge in [0.15, 0.2) is 5.82 Å². The Morgan fingerprint density at radius 1 is 1.15 bits per heavy atom. The molecule has 7 heteroatoms. The van der Waals surface area contributed by atoms with Gasteiger partial charge >= 0.3 is 0 Å². The van der Waals surface area contributed by atoms with Gasteiger partial charge in [0.25, 0.3) is 5.89 Å². The summed E-state index contributed by atoms with van der Waals surface area (Å²) >= 11 is 0. The Kier molecular flexibility index (Phi) is 4.39. The van der Waals surface area contributed by atoms with Crippen LogP contribution in [0.1, 0.15) is 54.3 Å². The second kappa shape index (κ2) is 6.74. The van der Waals surface area contributed by atoms with Crippen molar-refractivity contribution >= 4 is 12.2 Å². The van der Waals surface area contributed by atoms with Crippen LogP contribution in [0.25, 0.3) is 17.8 Å². The minimum absolute atomic E-state index is 0.271. The molecule has 4 rings (SSSR count). The van der Waals surface area contributed by atoms with Crippen LogP contribution in [0.2, 0.25) is 0 Å². The predicted octanol–water partition coefficient (Wildman–Crippen LogP) is 3.91. The molecule has 27 heavy (non-hydrogen) atoms. The van der Waals surface area contributed by atoms with Crippen LogP contribution in [0.5, 0.6) is 0 Å². The summed E-state index contributed by atoms with van der Waals surface area (Å²) < 4.78 is 20.3. The Labute approximate surface area is 156 Å². The van der Waals surface area contributed by atoms with Crippen molar-refractivity contribution < 1.29 is 8.91 Å². The third kappa shape index (κ3) is 3.30. The highest BCUT2D eigenvalue weighted by atomic mass is 19.1. The SMILES string of the molecule is Cc1nn(-c2ccc(F)cc2)c(C)c1/C=C/c1nc(C2(N)CCCC2)no1. The molecule has 2 heterocycles. The summed E-state index contributed by atoms with van der Waals surface area (Å²) in [7, 11) is 0. The molecule has 140 valence electrons. The summed E-state index contributed by atoms with van der Waals surface area (Å²) in [6, 6.07) is 6.25. The number of hydrogen-bond acceptors (Lipinski definition) is 5. The van der Waals surface area contributed by atoms with E-state index >= 15 is 0 Å². The van der Waals surface area contributed by atoms with Crippen LogP contribution in [0.3, 0.4) is 0 Å². The van der Waals surface area contributed by atoms with Crippen molar-refractivity contribution in [1.29, 1.82) is 0 Å². The van der Waals surface area contributed by atoms with E-state index in [9.17, 15) is 4.39 Å². The summed E-state index contributed by atoms with van der Waals surface area (Å²) in [6.45, 7) is 3.90. The number of aromatic nitrogens is 4. The average molecular weight is 367 g/mol. The molecule has 3 aromatic rings. The third-order valence-corrected chi connectivity index (χ3v) is 5.19. The summed E-state index contributed by atoms with van der Waals surface area (Å²) in [4.78, 5) is 4.45. The van der Waals surface area contributed by atoms with Gasteiger partial charge in [-0.25, -0.2) is 9.07 Å². The Morgan fingerprint density at radius 3 is 2.56 bits per heavy atom. The molecule has 2 aromatic heterocycles. The molecule has 0 atom stereocenters.